The lowest BCUT2D eigenvalue weighted by Crippen LogP contribution is -2.11. The van der Waals surface area contributed by atoms with E-state index in [1.54, 1.807) is 12.3 Å². The minimum absolute atomic E-state index is 0.0231. The predicted molar refractivity (Wildman–Crippen MR) is 38.2 cm³/mol. The third kappa shape index (κ3) is 1.53. The van der Waals surface area contributed by atoms with E-state index in [-0.39, 0.29) is 4.34 Å². The van der Waals surface area contributed by atoms with Crippen molar-refractivity contribution >= 4 is 21.4 Å². The van der Waals surface area contributed by atoms with Crippen molar-refractivity contribution in [3.63, 3.8) is 0 Å². The number of hydrogen-bond acceptors (Lipinski definition) is 4. The molecule has 10 heavy (non-hydrogen) atoms. The van der Waals surface area contributed by atoms with Crippen LogP contribution in [0.5, 0.6) is 0 Å². The quantitative estimate of drug-likeness (QED) is 0.662. The van der Waals surface area contributed by atoms with Gasteiger partial charge < -0.3 is 0 Å². The molecule has 0 amide bonds. The lowest BCUT2D eigenvalue weighted by atomic mass is 10.6. The number of nitrogens with two attached hydrogens (primary N) is 1. The molecule has 0 fully saturated rings. The fraction of sp³-hybridized carbons (Fsp3) is 0.250. The van der Waals surface area contributed by atoms with Crippen LogP contribution in [0.25, 0.3) is 0 Å². The zero-order valence-electron chi connectivity index (χ0n) is 5.23. The molecule has 6 heteroatoms. The molecule has 0 saturated carbocycles. The van der Waals surface area contributed by atoms with E-state index in [4.69, 9.17) is 5.14 Å². The first-order valence-electron chi connectivity index (χ1n) is 2.45. The number of sulfonamides is 1. The molecule has 0 aliphatic carbocycles. The fourth-order valence-corrected chi connectivity index (χ4v) is 1.94. The number of aromatic nitrogens is 1. The second-order valence-corrected chi connectivity index (χ2v) is 4.39. The van der Waals surface area contributed by atoms with Crippen LogP contribution in [0.3, 0.4) is 0 Å². The van der Waals surface area contributed by atoms with Crippen LogP contribution in [0.1, 0.15) is 5.69 Å². The first-order chi connectivity index (χ1) is 4.50. The molecule has 1 aromatic heterocycles. The lowest BCUT2D eigenvalue weighted by Gasteiger charge is -1.85. The summed E-state index contributed by atoms with van der Waals surface area (Å²) < 4.78 is 21.1. The molecular formula is C4H6N2O2S2. The Balaban J connectivity index is 3.21. The van der Waals surface area contributed by atoms with Crippen LogP contribution in [-0.2, 0) is 10.0 Å². The summed E-state index contributed by atoms with van der Waals surface area (Å²) in [6.07, 6.45) is 0. The molecule has 0 unspecified atom stereocenters. The van der Waals surface area contributed by atoms with E-state index >= 15 is 0 Å². The van der Waals surface area contributed by atoms with Crippen molar-refractivity contribution in [2.75, 3.05) is 0 Å². The molecule has 2 N–H and O–H groups in total. The van der Waals surface area contributed by atoms with Gasteiger partial charge in [0.05, 0.1) is 0 Å². The zero-order valence-corrected chi connectivity index (χ0v) is 6.87. The third-order valence-electron chi connectivity index (χ3n) is 0.841. The summed E-state index contributed by atoms with van der Waals surface area (Å²) in [5.74, 6) is 0. The van der Waals surface area contributed by atoms with Gasteiger partial charge in [0.1, 0.15) is 0 Å². The standard InChI is InChI=1S/C4H6N2O2S2/c1-3-2-9-4(6-3)10(5,7)8/h2H,1H3,(H2,5,7,8). The zero-order chi connectivity index (χ0) is 7.78. The smallest absolute Gasteiger partial charge is 0.229 e. The topological polar surface area (TPSA) is 73.1 Å². The summed E-state index contributed by atoms with van der Waals surface area (Å²) in [7, 11) is -3.57. The predicted octanol–water partition coefficient (Wildman–Crippen LogP) is 0.0989. The molecule has 0 spiro atoms. The minimum Gasteiger partial charge on any atom is -0.229 e. The molecule has 1 aromatic rings. The highest BCUT2D eigenvalue weighted by Crippen LogP contribution is 2.12. The summed E-state index contributed by atoms with van der Waals surface area (Å²) in [5.41, 5.74) is 0.675. The molecule has 0 aliphatic rings. The highest BCUT2D eigenvalue weighted by atomic mass is 32.2. The minimum atomic E-state index is -3.57. The van der Waals surface area contributed by atoms with Crippen molar-refractivity contribution in [1.82, 2.24) is 4.98 Å². The van der Waals surface area contributed by atoms with E-state index in [0.29, 0.717) is 5.69 Å². The Bertz CT molecular complexity index is 327. The van der Waals surface area contributed by atoms with Crippen LogP contribution in [0, 0.1) is 6.92 Å². The number of nitrogens with zero attached hydrogens (tertiary/aromatic N) is 1. The number of thiazole rings is 1. The highest BCUT2D eigenvalue weighted by molar-refractivity contribution is 7.91. The molecule has 1 rings (SSSR count). The Labute approximate surface area is 62.8 Å². The van der Waals surface area contributed by atoms with Gasteiger partial charge >= 0.3 is 0 Å². The van der Waals surface area contributed by atoms with Gasteiger partial charge in [0.25, 0.3) is 10.0 Å². The Kier molecular flexibility index (Phi) is 1.76. The highest BCUT2D eigenvalue weighted by Gasteiger charge is 2.10. The van der Waals surface area contributed by atoms with E-state index in [1.165, 1.54) is 0 Å². The molecular weight excluding hydrogens is 172 g/mol. The van der Waals surface area contributed by atoms with Crippen molar-refractivity contribution < 1.29 is 8.42 Å². The van der Waals surface area contributed by atoms with Gasteiger partial charge in [0.2, 0.25) is 4.34 Å². The molecule has 0 aliphatic heterocycles. The maximum atomic E-state index is 10.6. The van der Waals surface area contributed by atoms with Gasteiger partial charge in [-0.15, -0.1) is 11.3 Å². The Hall–Kier alpha value is -0.460. The van der Waals surface area contributed by atoms with Gasteiger partial charge in [-0.05, 0) is 6.92 Å². The second-order valence-electron chi connectivity index (χ2n) is 1.80. The number of hydrogen-bond donors (Lipinski definition) is 1. The van der Waals surface area contributed by atoms with E-state index in [9.17, 15) is 8.42 Å². The number of primary sulfonamides is 1. The van der Waals surface area contributed by atoms with Crippen molar-refractivity contribution in [3.8, 4) is 0 Å². The van der Waals surface area contributed by atoms with Crippen LogP contribution >= 0.6 is 11.3 Å². The molecule has 0 atom stereocenters. The molecule has 0 radical (unpaired) electrons. The molecule has 0 saturated heterocycles. The first kappa shape index (κ1) is 7.64. The Morgan fingerprint density at radius 2 is 2.30 bits per heavy atom. The fourth-order valence-electron chi connectivity index (χ4n) is 0.463. The van der Waals surface area contributed by atoms with Crippen LogP contribution < -0.4 is 5.14 Å². The molecule has 0 aromatic carbocycles. The molecule has 1 heterocycles. The van der Waals surface area contributed by atoms with Crippen molar-refractivity contribution in [2.24, 2.45) is 5.14 Å². The van der Waals surface area contributed by atoms with Crippen molar-refractivity contribution in [3.05, 3.63) is 11.1 Å². The number of rotatable bonds is 1. The van der Waals surface area contributed by atoms with Crippen LogP contribution in [-0.4, -0.2) is 13.4 Å². The average molecular weight is 178 g/mol. The van der Waals surface area contributed by atoms with Crippen molar-refractivity contribution in [1.29, 1.82) is 0 Å². The summed E-state index contributed by atoms with van der Waals surface area (Å²) >= 11 is 1.03. The van der Waals surface area contributed by atoms with Gasteiger partial charge in [0.15, 0.2) is 0 Å². The van der Waals surface area contributed by atoms with E-state index in [0.717, 1.165) is 11.3 Å². The average Bonchev–Trinajstić information content (AvgIpc) is 2.11. The summed E-state index contributed by atoms with van der Waals surface area (Å²) in [6, 6.07) is 0. The summed E-state index contributed by atoms with van der Waals surface area (Å²) in [5, 5.41) is 6.43. The summed E-state index contributed by atoms with van der Waals surface area (Å²) in [6.45, 7) is 1.71. The van der Waals surface area contributed by atoms with Crippen molar-refractivity contribution in [2.45, 2.75) is 11.3 Å². The third-order valence-corrected chi connectivity index (χ3v) is 3.16. The first-order valence-corrected chi connectivity index (χ1v) is 4.87. The van der Waals surface area contributed by atoms with Crippen LogP contribution in [0.2, 0.25) is 0 Å². The van der Waals surface area contributed by atoms with Gasteiger partial charge in [-0.2, -0.15) is 0 Å². The molecule has 4 nitrogen and oxygen atoms in total. The number of aryl methyl sites for hydroxylation is 1. The largest absolute Gasteiger partial charge is 0.265 e. The van der Waals surface area contributed by atoms with Crippen LogP contribution in [0.15, 0.2) is 9.72 Å². The van der Waals surface area contributed by atoms with E-state index in [2.05, 4.69) is 4.98 Å². The Morgan fingerprint density at radius 1 is 1.70 bits per heavy atom. The van der Waals surface area contributed by atoms with Gasteiger partial charge in [-0.3, -0.25) is 0 Å². The van der Waals surface area contributed by atoms with E-state index in [1.807, 2.05) is 0 Å². The second kappa shape index (κ2) is 2.30. The maximum Gasteiger partial charge on any atom is 0.265 e. The molecule has 56 valence electrons. The monoisotopic (exact) mass is 178 g/mol. The van der Waals surface area contributed by atoms with Gasteiger partial charge in [0, 0.05) is 11.1 Å². The Morgan fingerprint density at radius 3 is 2.50 bits per heavy atom. The maximum absolute atomic E-state index is 10.6. The lowest BCUT2D eigenvalue weighted by molar-refractivity contribution is 0.597. The SMILES string of the molecule is Cc1csc(S(N)(=O)=O)n1. The van der Waals surface area contributed by atoms with Gasteiger partial charge in [-0.1, -0.05) is 0 Å². The van der Waals surface area contributed by atoms with Crippen LogP contribution in [0.4, 0.5) is 0 Å². The normalized spacial score (nSPS) is 11.8. The van der Waals surface area contributed by atoms with E-state index < -0.39 is 10.0 Å². The molecule has 0 bridgehead atoms. The van der Waals surface area contributed by atoms with Gasteiger partial charge in [-0.25, -0.2) is 18.5 Å². The summed E-state index contributed by atoms with van der Waals surface area (Å²) in [4.78, 5) is 3.69.